The average molecular weight is 270 g/mol. The number of carboxylic acid groups (broad SMARTS) is 1. The van der Waals surface area contributed by atoms with Crippen LogP contribution in [0.4, 0.5) is 4.79 Å². The van der Waals surface area contributed by atoms with Gasteiger partial charge in [-0.1, -0.05) is 5.11 Å². The molecule has 1 unspecified atom stereocenters. The van der Waals surface area contributed by atoms with Crippen molar-refractivity contribution in [3.05, 3.63) is 10.4 Å². The number of aliphatic carboxylic acids is 1. The van der Waals surface area contributed by atoms with E-state index < -0.39 is 23.2 Å². The van der Waals surface area contributed by atoms with Gasteiger partial charge >= 0.3 is 12.1 Å². The highest BCUT2D eigenvalue weighted by Crippen LogP contribution is 2.34. The molecule has 8 heteroatoms. The third-order valence-electron chi connectivity index (χ3n) is 2.85. The quantitative estimate of drug-likeness (QED) is 0.463. The van der Waals surface area contributed by atoms with Crippen LogP contribution in [0.25, 0.3) is 10.4 Å². The molecule has 8 nitrogen and oxygen atoms in total. The number of hydrogen-bond acceptors (Lipinski definition) is 4. The maximum Gasteiger partial charge on any atom is 0.407 e. The number of nitrogens with zero attached hydrogens (tertiary/aromatic N) is 3. The minimum Gasteiger partial charge on any atom is -0.481 e. The Morgan fingerprint density at radius 1 is 1.53 bits per heavy atom. The van der Waals surface area contributed by atoms with E-state index in [-0.39, 0.29) is 18.9 Å². The van der Waals surface area contributed by atoms with E-state index in [9.17, 15) is 9.59 Å². The Morgan fingerprint density at radius 3 is 2.63 bits per heavy atom. The van der Waals surface area contributed by atoms with Crippen LogP contribution in [0.15, 0.2) is 5.11 Å². The van der Waals surface area contributed by atoms with Crippen molar-refractivity contribution in [3.63, 3.8) is 0 Å². The van der Waals surface area contributed by atoms with Crippen LogP contribution in [-0.2, 0) is 9.53 Å². The summed E-state index contributed by atoms with van der Waals surface area (Å²) in [6.07, 6.45) is 0.114. The molecule has 1 fully saturated rings. The topological polar surface area (TPSA) is 124 Å². The highest BCUT2D eigenvalue weighted by Gasteiger charge is 2.45. The number of carboxylic acids is 1. The van der Waals surface area contributed by atoms with E-state index in [1.165, 1.54) is 0 Å². The molecule has 0 radical (unpaired) electrons. The molecule has 1 aliphatic rings. The van der Waals surface area contributed by atoms with Crippen molar-refractivity contribution in [3.8, 4) is 0 Å². The summed E-state index contributed by atoms with van der Waals surface area (Å²) < 4.78 is 5.09. The second-order valence-corrected chi connectivity index (χ2v) is 5.61. The van der Waals surface area contributed by atoms with Gasteiger partial charge in [-0.05, 0) is 45.6 Å². The van der Waals surface area contributed by atoms with Gasteiger partial charge in [0.15, 0.2) is 0 Å². The molecule has 1 amide bonds. The minimum absolute atomic E-state index is 0.0750. The molecule has 2 atom stereocenters. The standard InChI is InChI=1S/C11H18N4O4/c1-10(2,3)19-9(18)13-7-4-5-11(6-7,8(16)17)14-15-12/h7H,4-6H2,1-3H3,(H,13,18)(H,16,17)/t7-,11?/m1/s1. The summed E-state index contributed by atoms with van der Waals surface area (Å²) in [5, 5.41) is 15.1. The van der Waals surface area contributed by atoms with Crippen molar-refractivity contribution < 1.29 is 19.4 Å². The number of hydrogen-bond donors (Lipinski definition) is 2. The highest BCUT2D eigenvalue weighted by atomic mass is 16.6. The smallest absolute Gasteiger partial charge is 0.407 e. The first-order chi connectivity index (χ1) is 8.68. The summed E-state index contributed by atoms with van der Waals surface area (Å²) in [4.78, 5) is 25.3. The second-order valence-electron chi connectivity index (χ2n) is 5.61. The molecule has 0 spiro atoms. The molecule has 19 heavy (non-hydrogen) atoms. The summed E-state index contributed by atoms with van der Waals surface area (Å²) >= 11 is 0. The molecule has 0 heterocycles. The van der Waals surface area contributed by atoms with Crippen LogP contribution in [0.1, 0.15) is 40.0 Å². The zero-order valence-corrected chi connectivity index (χ0v) is 11.2. The van der Waals surface area contributed by atoms with E-state index >= 15 is 0 Å². The minimum atomic E-state index is -1.46. The molecule has 0 aromatic carbocycles. The fraction of sp³-hybridized carbons (Fsp3) is 0.818. The lowest BCUT2D eigenvalue weighted by Gasteiger charge is -2.22. The number of ether oxygens (including phenoxy) is 1. The Morgan fingerprint density at radius 2 is 2.16 bits per heavy atom. The number of carbonyl (C=O) groups excluding carboxylic acids is 1. The monoisotopic (exact) mass is 270 g/mol. The van der Waals surface area contributed by atoms with E-state index in [2.05, 4.69) is 15.3 Å². The van der Waals surface area contributed by atoms with Crippen molar-refractivity contribution >= 4 is 12.1 Å². The van der Waals surface area contributed by atoms with Crippen LogP contribution in [0.5, 0.6) is 0 Å². The molecule has 1 rings (SSSR count). The van der Waals surface area contributed by atoms with Crippen LogP contribution < -0.4 is 5.32 Å². The molecule has 1 saturated carbocycles. The molecule has 1 aliphatic carbocycles. The highest BCUT2D eigenvalue weighted by molar-refractivity contribution is 5.80. The molecule has 0 bridgehead atoms. The molecular formula is C11H18N4O4. The molecule has 0 aliphatic heterocycles. The van der Waals surface area contributed by atoms with Gasteiger partial charge in [0, 0.05) is 11.0 Å². The Balaban J connectivity index is 2.63. The van der Waals surface area contributed by atoms with Gasteiger partial charge in [-0.3, -0.25) is 4.79 Å². The predicted octanol–water partition coefficient (Wildman–Crippen LogP) is 2.20. The Hall–Kier alpha value is -1.95. The Labute approximate surface area is 110 Å². The van der Waals surface area contributed by atoms with Crippen molar-refractivity contribution in [1.29, 1.82) is 0 Å². The lowest BCUT2D eigenvalue weighted by molar-refractivity contribution is -0.143. The number of alkyl carbamates (subject to hydrolysis) is 1. The summed E-state index contributed by atoms with van der Waals surface area (Å²) in [6, 6.07) is -0.364. The van der Waals surface area contributed by atoms with Gasteiger partial charge in [0.1, 0.15) is 11.1 Å². The average Bonchev–Trinajstić information content (AvgIpc) is 2.60. The van der Waals surface area contributed by atoms with Gasteiger partial charge in [-0.2, -0.15) is 0 Å². The van der Waals surface area contributed by atoms with Gasteiger partial charge in [0.05, 0.1) is 0 Å². The first-order valence-electron chi connectivity index (χ1n) is 5.98. The van der Waals surface area contributed by atoms with Crippen LogP contribution in [0.2, 0.25) is 0 Å². The van der Waals surface area contributed by atoms with Gasteiger partial charge in [0.2, 0.25) is 0 Å². The fourth-order valence-corrected chi connectivity index (χ4v) is 2.04. The molecule has 0 aromatic rings. The van der Waals surface area contributed by atoms with Gasteiger partial charge in [-0.15, -0.1) is 0 Å². The van der Waals surface area contributed by atoms with E-state index in [1.807, 2.05) is 0 Å². The number of azide groups is 1. The normalized spacial score (nSPS) is 26.4. The van der Waals surface area contributed by atoms with E-state index in [0.717, 1.165) is 0 Å². The molecule has 0 saturated heterocycles. The van der Waals surface area contributed by atoms with E-state index in [0.29, 0.717) is 6.42 Å². The summed E-state index contributed by atoms with van der Waals surface area (Å²) in [5.74, 6) is -1.17. The van der Waals surface area contributed by atoms with Crippen LogP contribution >= 0.6 is 0 Å². The molecule has 0 aromatic heterocycles. The van der Waals surface area contributed by atoms with E-state index in [1.54, 1.807) is 20.8 Å². The fourth-order valence-electron chi connectivity index (χ4n) is 2.04. The Bertz CT molecular complexity index is 421. The van der Waals surface area contributed by atoms with Gasteiger partial charge < -0.3 is 15.2 Å². The number of amides is 1. The van der Waals surface area contributed by atoms with Crippen molar-refractivity contribution in [2.45, 2.75) is 57.2 Å². The maximum absolute atomic E-state index is 11.6. The van der Waals surface area contributed by atoms with E-state index in [4.69, 9.17) is 15.4 Å². The Kier molecular flexibility index (Phi) is 4.26. The first kappa shape index (κ1) is 15.1. The van der Waals surface area contributed by atoms with Gasteiger partial charge in [0.25, 0.3) is 0 Å². The summed E-state index contributed by atoms with van der Waals surface area (Å²) in [6.45, 7) is 5.22. The van der Waals surface area contributed by atoms with Crippen molar-refractivity contribution in [2.24, 2.45) is 5.11 Å². The molecule has 106 valence electrons. The number of rotatable bonds is 3. The molecule has 2 N–H and O–H groups in total. The van der Waals surface area contributed by atoms with Crippen molar-refractivity contribution in [2.75, 3.05) is 0 Å². The maximum atomic E-state index is 11.6. The number of carbonyl (C=O) groups is 2. The third-order valence-corrected chi connectivity index (χ3v) is 2.85. The summed E-state index contributed by atoms with van der Waals surface area (Å²) in [5.41, 5.74) is 6.37. The van der Waals surface area contributed by atoms with Crippen molar-refractivity contribution in [1.82, 2.24) is 5.32 Å². The molecular weight excluding hydrogens is 252 g/mol. The SMILES string of the molecule is CC(C)(C)OC(=O)N[C@@H]1CCC(N=[N+]=[N-])(C(=O)O)C1. The van der Waals surface area contributed by atoms with Crippen LogP contribution in [-0.4, -0.2) is 34.4 Å². The van der Waals surface area contributed by atoms with Crippen LogP contribution in [0.3, 0.4) is 0 Å². The zero-order valence-electron chi connectivity index (χ0n) is 11.2. The second kappa shape index (κ2) is 5.36. The lowest BCUT2D eigenvalue weighted by Crippen LogP contribution is -2.40. The van der Waals surface area contributed by atoms with Gasteiger partial charge in [-0.25, -0.2) is 4.79 Å². The van der Waals surface area contributed by atoms with Crippen LogP contribution in [0, 0.1) is 0 Å². The first-order valence-corrected chi connectivity index (χ1v) is 5.98. The predicted molar refractivity (Wildman–Crippen MR) is 66.5 cm³/mol. The zero-order chi connectivity index (χ0) is 14.7. The summed E-state index contributed by atoms with van der Waals surface area (Å²) in [7, 11) is 0. The number of nitrogens with one attached hydrogen (secondary N) is 1. The third kappa shape index (κ3) is 4.03. The largest absolute Gasteiger partial charge is 0.481 e. The lowest BCUT2D eigenvalue weighted by atomic mass is 9.99.